The number of allylic oxidation sites excluding steroid dienone is 3. The molecule has 0 spiro atoms. The minimum atomic E-state index is -0.238. The topological polar surface area (TPSA) is 77.8 Å². The van der Waals surface area contributed by atoms with Gasteiger partial charge in [-0.2, -0.15) is 5.10 Å². The number of hydrogen-bond donors (Lipinski definition) is 0. The van der Waals surface area contributed by atoms with E-state index in [9.17, 15) is 4.79 Å². The fourth-order valence-corrected chi connectivity index (χ4v) is 5.72. The number of fused-ring (bicyclic) bond motifs is 1. The third-order valence-electron chi connectivity index (χ3n) is 8.09. The number of rotatable bonds is 5. The molecule has 9 heteroatoms. The summed E-state index contributed by atoms with van der Waals surface area (Å²) in [5, 5.41) is 4.56. The van der Waals surface area contributed by atoms with Crippen molar-refractivity contribution in [2.75, 3.05) is 64.6 Å². The molecule has 5 heterocycles. The Labute approximate surface area is 211 Å². The predicted octanol–water partition coefficient (Wildman–Crippen LogP) is 3.15. The zero-order chi connectivity index (χ0) is 24.5. The van der Waals surface area contributed by atoms with Crippen molar-refractivity contribution in [2.45, 2.75) is 31.0 Å². The molecule has 1 atom stereocenters. The number of anilines is 1. The Bertz CT molecular complexity index is 1160. The smallest absolute Gasteiger partial charge is 0.410 e. The number of piperazine rings is 1. The van der Waals surface area contributed by atoms with E-state index in [4.69, 9.17) is 18.9 Å². The van der Waals surface area contributed by atoms with Crippen molar-refractivity contribution in [1.29, 1.82) is 0 Å². The van der Waals surface area contributed by atoms with Gasteiger partial charge < -0.3 is 28.7 Å². The number of hydrogen-bond acceptors (Lipinski definition) is 7. The zero-order valence-electron chi connectivity index (χ0n) is 20.8. The van der Waals surface area contributed by atoms with Crippen LogP contribution in [0.2, 0.25) is 0 Å². The summed E-state index contributed by atoms with van der Waals surface area (Å²) in [6, 6.07) is 4.28. The van der Waals surface area contributed by atoms with E-state index in [0.29, 0.717) is 32.2 Å². The average Bonchev–Trinajstić information content (AvgIpc) is 3.36. The molecule has 3 fully saturated rings. The zero-order valence-corrected chi connectivity index (χ0v) is 20.8. The number of carbonyl (C=O) groups is 1. The maximum atomic E-state index is 12.4. The van der Waals surface area contributed by atoms with Gasteiger partial charge in [0.25, 0.3) is 0 Å². The molecule has 9 nitrogen and oxygen atoms in total. The van der Waals surface area contributed by atoms with Crippen molar-refractivity contribution >= 4 is 22.9 Å². The number of carbonyl (C=O) groups excluding carboxylic acids is 1. The van der Waals surface area contributed by atoms with Gasteiger partial charge in [0.2, 0.25) is 0 Å². The van der Waals surface area contributed by atoms with Crippen LogP contribution >= 0.6 is 0 Å². The minimum absolute atomic E-state index is 0.0929. The number of amides is 1. The Morgan fingerprint density at radius 3 is 2.61 bits per heavy atom. The largest absolute Gasteiger partial charge is 0.441 e. The Morgan fingerprint density at radius 2 is 1.94 bits per heavy atom. The molecule has 1 aliphatic carbocycles. The van der Waals surface area contributed by atoms with E-state index in [1.807, 2.05) is 17.8 Å². The second kappa shape index (κ2) is 9.88. The van der Waals surface area contributed by atoms with Gasteiger partial charge in [0.1, 0.15) is 0 Å². The van der Waals surface area contributed by atoms with Gasteiger partial charge in [0.05, 0.1) is 30.0 Å². The summed E-state index contributed by atoms with van der Waals surface area (Å²) < 4.78 is 24.1. The van der Waals surface area contributed by atoms with Gasteiger partial charge in [0.15, 0.2) is 6.10 Å². The molecular formula is C27H34N4O5. The SMILES string of the molecule is COC1(C2C=CC(c3cc4c(N5CCN(C(=O)OC6COC6)CC5)ccnn4c3)=CC2)CCOCC1. The van der Waals surface area contributed by atoms with Crippen molar-refractivity contribution in [3.63, 3.8) is 0 Å². The normalized spacial score (nSPS) is 24.5. The monoisotopic (exact) mass is 494 g/mol. The van der Waals surface area contributed by atoms with Crippen LogP contribution in [0.3, 0.4) is 0 Å². The summed E-state index contributed by atoms with van der Waals surface area (Å²) >= 11 is 0. The summed E-state index contributed by atoms with van der Waals surface area (Å²) in [5.74, 6) is 0.362. The number of ether oxygens (including phenoxy) is 4. The number of nitrogens with zero attached hydrogens (tertiary/aromatic N) is 4. The lowest BCUT2D eigenvalue weighted by atomic mass is 9.76. The van der Waals surface area contributed by atoms with Gasteiger partial charge in [-0.15, -0.1) is 0 Å². The summed E-state index contributed by atoms with van der Waals surface area (Å²) in [6.45, 7) is 5.31. The van der Waals surface area contributed by atoms with E-state index in [2.05, 4.69) is 46.6 Å². The Kier molecular flexibility index (Phi) is 6.45. The molecule has 0 saturated carbocycles. The van der Waals surface area contributed by atoms with Crippen LogP contribution in [-0.4, -0.2) is 92.0 Å². The van der Waals surface area contributed by atoms with Crippen LogP contribution in [0.25, 0.3) is 11.1 Å². The first-order valence-electron chi connectivity index (χ1n) is 12.9. The van der Waals surface area contributed by atoms with Gasteiger partial charge in [-0.05, 0) is 24.1 Å². The fourth-order valence-electron chi connectivity index (χ4n) is 5.72. The molecule has 0 N–H and O–H groups in total. The van der Waals surface area contributed by atoms with Crippen LogP contribution in [0.4, 0.5) is 10.5 Å². The van der Waals surface area contributed by atoms with Gasteiger partial charge in [0, 0.05) is 83.2 Å². The van der Waals surface area contributed by atoms with E-state index < -0.39 is 0 Å². The van der Waals surface area contributed by atoms with Gasteiger partial charge in [-0.1, -0.05) is 18.2 Å². The molecule has 0 radical (unpaired) electrons. The standard InChI is InChI=1S/C27H34N4O5/c1-33-27(7-14-34-15-8-27)22-4-2-20(3-5-22)21-16-25-24(6-9-28-31(25)17-21)29-10-12-30(13-11-29)26(32)36-23-18-35-19-23/h2-4,6,9,16-17,22-23H,5,7-8,10-15,18-19H2,1H3. The van der Waals surface area contributed by atoms with E-state index >= 15 is 0 Å². The lowest BCUT2D eigenvalue weighted by Gasteiger charge is -2.41. The van der Waals surface area contributed by atoms with Crippen LogP contribution < -0.4 is 4.90 Å². The second-order valence-electron chi connectivity index (χ2n) is 10.0. The Morgan fingerprint density at radius 1 is 1.14 bits per heavy atom. The highest BCUT2D eigenvalue weighted by Gasteiger charge is 2.39. The van der Waals surface area contributed by atoms with Crippen LogP contribution in [0.1, 0.15) is 24.8 Å². The molecule has 192 valence electrons. The second-order valence-corrected chi connectivity index (χ2v) is 10.0. The van der Waals surface area contributed by atoms with Crippen LogP contribution in [-0.2, 0) is 18.9 Å². The average molecular weight is 495 g/mol. The van der Waals surface area contributed by atoms with Crippen molar-refractivity contribution in [3.05, 3.63) is 48.3 Å². The molecule has 2 aromatic rings. The molecule has 0 aromatic carbocycles. The third kappa shape index (κ3) is 4.40. The van der Waals surface area contributed by atoms with Gasteiger partial charge in [-0.25, -0.2) is 9.31 Å². The fraction of sp³-hybridized carbons (Fsp3) is 0.556. The van der Waals surface area contributed by atoms with Crippen molar-refractivity contribution in [2.24, 2.45) is 5.92 Å². The molecule has 6 rings (SSSR count). The van der Waals surface area contributed by atoms with E-state index in [0.717, 1.165) is 62.3 Å². The summed E-state index contributed by atoms with van der Waals surface area (Å²) in [4.78, 5) is 16.5. The molecule has 0 bridgehead atoms. The Balaban J connectivity index is 1.14. The molecule has 1 unspecified atom stereocenters. The van der Waals surface area contributed by atoms with Crippen molar-refractivity contribution in [1.82, 2.24) is 14.5 Å². The molecular weight excluding hydrogens is 460 g/mol. The van der Waals surface area contributed by atoms with Gasteiger partial charge in [-0.3, -0.25) is 0 Å². The molecule has 36 heavy (non-hydrogen) atoms. The summed E-state index contributed by atoms with van der Waals surface area (Å²) in [6.07, 6.45) is 13.3. The maximum absolute atomic E-state index is 12.4. The number of methoxy groups -OCH3 is 1. The van der Waals surface area contributed by atoms with Gasteiger partial charge >= 0.3 is 6.09 Å². The third-order valence-corrected chi connectivity index (χ3v) is 8.09. The van der Waals surface area contributed by atoms with E-state index in [1.165, 1.54) is 5.57 Å². The van der Waals surface area contributed by atoms with E-state index in [1.54, 1.807) is 4.90 Å². The lowest BCUT2D eigenvalue weighted by Crippen LogP contribution is -2.51. The first-order chi connectivity index (χ1) is 17.6. The molecule has 3 aliphatic heterocycles. The minimum Gasteiger partial charge on any atom is -0.441 e. The first kappa shape index (κ1) is 23.5. The van der Waals surface area contributed by atoms with Crippen molar-refractivity contribution < 1.29 is 23.7 Å². The van der Waals surface area contributed by atoms with Crippen LogP contribution in [0, 0.1) is 5.92 Å². The summed E-state index contributed by atoms with van der Waals surface area (Å²) in [5.41, 5.74) is 4.46. The van der Waals surface area contributed by atoms with Crippen LogP contribution in [0.15, 0.2) is 42.8 Å². The highest BCUT2D eigenvalue weighted by molar-refractivity contribution is 5.82. The van der Waals surface area contributed by atoms with Crippen molar-refractivity contribution in [3.8, 4) is 0 Å². The lowest BCUT2D eigenvalue weighted by molar-refractivity contribution is -0.113. The maximum Gasteiger partial charge on any atom is 0.410 e. The quantitative estimate of drug-likeness (QED) is 0.632. The first-order valence-corrected chi connectivity index (χ1v) is 12.9. The van der Waals surface area contributed by atoms with E-state index in [-0.39, 0.29) is 17.8 Å². The highest BCUT2D eigenvalue weighted by atomic mass is 16.6. The summed E-state index contributed by atoms with van der Waals surface area (Å²) in [7, 11) is 1.83. The molecule has 2 aromatic heterocycles. The molecule has 1 amide bonds. The Hall–Kier alpha value is -2.88. The highest BCUT2D eigenvalue weighted by Crippen LogP contribution is 2.39. The molecule has 3 saturated heterocycles. The number of aromatic nitrogens is 2. The van der Waals surface area contributed by atoms with Crippen LogP contribution in [0.5, 0.6) is 0 Å². The predicted molar refractivity (Wildman–Crippen MR) is 135 cm³/mol. The molecule has 4 aliphatic rings.